The van der Waals surface area contributed by atoms with Crippen molar-refractivity contribution in [3.05, 3.63) is 53.7 Å². The van der Waals surface area contributed by atoms with Crippen LogP contribution in [-0.2, 0) is 16.6 Å². The second-order valence-electron chi connectivity index (χ2n) is 7.54. The lowest BCUT2D eigenvalue weighted by Gasteiger charge is -2.21. The Balaban J connectivity index is 1.70. The molecule has 1 fully saturated rings. The standard InChI is InChI=1S/C21H28N4O3S/c1-16(2)24(3)29(27,28)19-8-6-7-18(14-19)21(26)23-15-17-9-10-22-20(13-17)25-11-4-5-12-25/h6-10,13-14,16H,4-5,11-12,15H2,1-3H3,(H,23,26). The lowest BCUT2D eigenvalue weighted by molar-refractivity contribution is 0.0950. The molecule has 0 saturated carbocycles. The summed E-state index contributed by atoms with van der Waals surface area (Å²) < 4.78 is 26.6. The lowest BCUT2D eigenvalue weighted by atomic mass is 10.2. The first kappa shape index (κ1) is 21.3. The van der Waals surface area contributed by atoms with E-state index in [2.05, 4.69) is 15.2 Å². The average Bonchev–Trinajstić information content (AvgIpc) is 3.26. The van der Waals surface area contributed by atoms with Crippen LogP contribution >= 0.6 is 0 Å². The van der Waals surface area contributed by atoms with Gasteiger partial charge >= 0.3 is 0 Å². The molecule has 2 heterocycles. The van der Waals surface area contributed by atoms with E-state index in [1.807, 2.05) is 12.1 Å². The number of rotatable bonds is 7. The predicted octanol–water partition coefficient (Wildman–Crippen LogP) is 2.64. The van der Waals surface area contributed by atoms with Gasteiger partial charge in [-0.25, -0.2) is 13.4 Å². The molecule has 1 aromatic heterocycles. The molecule has 0 aliphatic carbocycles. The van der Waals surface area contributed by atoms with Crippen LogP contribution in [0.5, 0.6) is 0 Å². The molecule has 1 aromatic carbocycles. The van der Waals surface area contributed by atoms with Gasteiger partial charge in [0.2, 0.25) is 10.0 Å². The van der Waals surface area contributed by atoms with E-state index < -0.39 is 10.0 Å². The van der Waals surface area contributed by atoms with Gasteiger partial charge in [-0.3, -0.25) is 4.79 Å². The number of anilines is 1. The zero-order valence-corrected chi connectivity index (χ0v) is 17.9. The molecule has 8 heteroatoms. The SMILES string of the molecule is CC(C)N(C)S(=O)(=O)c1cccc(C(=O)NCc2ccnc(N3CCCC3)c2)c1. The van der Waals surface area contributed by atoms with E-state index in [9.17, 15) is 13.2 Å². The summed E-state index contributed by atoms with van der Waals surface area (Å²) in [6, 6.07) is 9.83. The van der Waals surface area contributed by atoms with Crippen molar-refractivity contribution in [3.63, 3.8) is 0 Å². The molecule has 3 rings (SSSR count). The number of amides is 1. The zero-order valence-electron chi connectivity index (χ0n) is 17.1. The zero-order chi connectivity index (χ0) is 21.0. The molecule has 7 nitrogen and oxygen atoms in total. The number of nitrogens with zero attached hydrogens (tertiary/aromatic N) is 3. The fraction of sp³-hybridized carbons (Fsp3) is 0.429. The molecule has 0 spiro atoms. The largest absolute Gasteiger partial charge is 0.357 e. The number of hydrogen-bond acceptors (Lipinski definition) is 5. The second kappa shape index (κ2) is 8.92. The molecule has 1 aliphatic rings. The molecule has 2 aromatic rings. The summed E-state index contributed by atoms with van der Waals surface area (Å²) >= 11 is 0. The minimum absolute atomic E-state index is 0.113. The van der Waals surface area contributed by atoms with Crippen LogP contribution in [0.25, 0.3) is 0 Å². The lowest BCUT2D eigenvalue weighted by Crippen LogP contribution is -2.33. The van der Waals surface area contributed by atoms with E-state index in [1.54, 1.807) is 32.2 Å². The van der Waals surface area contributed by atoms with Crippen LogP contribution in [0.2, 0.25) is 0 Å². The van der Waals surface area contributed by atoms with Crippen molar-refractivity contribution < 1.29 is 13.2 Å². The minimum Gasteiger partial charge on any atom is -0.357 e. The van der Waals surface area contributed by atoms with Gasteiger partial charge in [0, 0.05) is 44.5 Å². The first-order chi connectivity index (χ1) is 13.8. The monoisotopic (exact) mass is 416 g/mol. The van der Waals surface area contributed by atoms with Crippen molar-refractivity contribution in [2.45, 2.75) is 44.2 Å². The number of aromatic nitrogens is 1. The summed E-state index contributed by atoms with van der Waals surface area (Å²) in [5.41, 5.74) is 1.27. The van der Waals surface area contributed by atoms with E-state index in [0.29, 0.717) is 12.1 Å². The quantitative estimate of drug-likeness (QED) is 0.750. The smallest absolute Gasteiger partial charge is 0.251 e. The molecule has 29 heavy (non-hydrogen) atoms. The summed E-state index contributed by atoms with van der Waals surface area (Å²) in [5, 5.41) is 2.87. The third kappa shape index (κ3) is 4.94. The van der Waals surface area contributed by atoms with Crippen LogP contribution in [0.3, 0.4) is 0 Å². The number of carbonyl (C=O) groups is 1. The van der Waals surface area contributed by atoms with Crippen molar-refractivity contribution >= 4 is 21.7 Å². The maximum Gasteiger partial charge on any atom is 0.251 e. The number of sulfonamides is 1. The highest BCUT2D eigenvalue weighted by Crippen LogP contribution is 2.19. The first-order valence-corrected chi connectivity index (χ1v) is 11.3. The van der Waals surface area contributed by atoms with Crippen LogP contribution in [-0.4, -0.2) is 49.8 Å². The second-order valence-corrected chi connectivity index (χ2v) is 9.54. The van der Waals surface area contributed by atoms with Crippen molar-refractivity contribution in [1.29, 1.82) is 0 Å². The third-order valence-electron chi connectivity index (χ3n) is 5.19. The highest BCUT2D eigenvalue weighted by molar-refractivity contribution is 7.89. The molecule has 0 atom stereocenters. The Morgan fingerprint density at radius 2 is 1.93 bits per heavy atom. The van der Waals surface area contributed by atoms with Gasteiger partial charge in [0.25, 0.3) is 5.91 Å². The maximum atomic E-state index is 12.7. The molecule has 1 amide bonds. The summed E-state index contributed by atoms with van der Waals surface area (Å²) in [6.07, 6.45) is 4.10. The van der Waals surface area contributed by atoms with Crippen LogP contribution in [0.4, 0.5) is 5.82 Å². The molecule has 0 unspecified atom stereocenters. The number of pyridine rings is 1. The van der Waals surface area contributed by atoms with E-state index in [-0.39, 0.29) is 16.8 Å². The number of nitrogens with one attached hydrogen (secondary N) is 1. The highest BCUT2D eigenvalue weighted by atomic mass is 32.2. The summed E-state index contributed by atoms with van der Waals surface area (Å²) in [4.78, 5) is 19.4. The van der Waals surface area contributed by atoms with E-state index in [0.717, 1.165) is 24.5 Å². The van der Waals surface area contributed by atoms with Crippen LogP contribution in [0, 0.1) is 0 Å². The van der Waals surface area contributed by atoms with E-state index >= 15 is 0 Å². The molecule has 156 valence electrons. The molecule has 1 saturated heterocycles. The number of benzene rings is 1. The normalized spacial score (nSPS) is 14.6. The van der Waals surface area contributed by atoms with E-state index in [1.165, 1.54) is 36.3 Å². The summed E-state index contributed by atoms with van der Waals surface area (Å²) in [7, 11) is -2.10. The topological polar surface area (TPSA) is 82.6 Å². The molecule has 1 N–H and O–H groups in total. The van der Waals surface area contributed by atoms with Gasteiger partial charge in [-0.2, -0.15) is 4.31 Å². The van der Waals surface area contributed by atoms with Crippen LogP contribution < -0.4 is 10.2 Å². The maximum absolute atomic E-state index is 12.7. The van der Waals surface area contributed by atoms with Gasteiger partial charge in [0.05, 0.1) is 4.90 Å². The molecule has 0 radical (unpaired) electrons. The Morgan fingerprint density at radius 3 is 2.62 bits per heavy atom. The Bertz CT molecular complexity index is 969. The average molecular weight is 417 g/mol. The van der Waals surface area contributed by atoms with Crippen LogP contribution in [0.1, 0.15) is 42.6 Å². The van der Waals surface area contributed by atoms with Crippen molar-refractivity contribution in [2.75, 3.05) is 25.0 Å². The van der Waals surface area contributed by atoms with Crippen molar-refractivity contribution in [2.24, 2.45) is 0 Å². The fourth-order valence-electron chi connectivity index (χ4n) is 3.22. The molecule has 0 bridgehead atoms. The van der Waals surface area contributed by atoms with E-state index in [4.69, 9.17) is 0 Å². The van der Waals surface area contributed by atoms with Gasteiger partial charge in [-0.1, -0.05) is 6.07 Å². The Hall–Kier alpha value is -2.45. The highest BCUT2D eigenvalue weighted by Gasteiger charge is 2.24. The van der Waals surface area contributed by atoms with Gasteiger partial charge in [-0.15, -0.1) is 0 Å². The van der Waals surface area contributed by atoms with Crippen molar-refractivity contribution in [3.8, 4) is 0 Å². The number of carbonyl (C=O) groups excluding carboxylic acids is 1. The van der Waals surface area contributed by atoms with Gasteiger partial charge in [-0.05, 0) is 62.6 Å². The van der Waals surface area contributed by atoms with Crippen LogP contribution in [0.15, 0.2) is 47.5 Å². The summed E-state index contributed by atoms with van der Waals surface area (Å²) in [6.45, 7) is 5.98. The third-order valence-corrected chi connectivity index (χ3v) is 7.22. The fourth-order valence-corrected chi connectivity index (χ4v) is 4.63. The number of hydrogen-bond donors (Lipinski definition) is 1. The predicted molar refractivity (Wildman–Crippen MR) is 113 cm³/mol. The Kier molecular flexibility index (Phi) is 6.54. The molecule has 1 aliphatic heterocycles. The minimum atomic E-state index is -3.64. The molecular formula is C21H28N4O3S. The Morgan fingerprint density at radius 1 is 1.21 bits per heavy atom. The van der Waals surface area contributed by atoms with Gasteiger partial charge < -0.3 is 10.2 Å². The van der Waals surface area contributed by atoms with Gasteiger partial charge in [0.15, 0.2) is 0 Å². The van der Waals surface area contributed by atoms with Crippen molar-refractivity contribution in [1.82, 2.24) is 14.6 Å². The first-order valence-electron chi connectivity index (χ1n) is 9.85. The van der Waals surface area contributed by atoms with Gasteiger partial charge in [0.1, 0.15) is 5.82 Å². The Labute approximate surface area is 172 Å². The summed E-state index contributed by atoms with van der Waals surface area (Å²) in [5.74, 6) is 0.618. The molecular weight excluding hydrogens is 388 g/mol.